The van der Waals surface area contributed by atoms with Gasteiger partial charge < -0.3 is 25.9 Å². The summed E-state index contributed by atoms with van der Waals surface area (Å²) in [5, 5.41) is 13.9. The summed E-state index contributed by atoms with van der Waals surface area (Å²) in [7, 11) is 0. The molecule has 1 aromatic heterocycles. The lowest BCUT2D eigenvalue weighted by Crippen LogP contribution is -2.53. The van der Waals surface area contributed by atoms with Gasteiger partial charge in [0.05, 0.1) is 24.5 Å². The number of carbonyl (C=O) groups excluding carboxylic acids is 1. The zero-order chi connectivity index (χ0) is 18.4. The summed E-state index contributed by atoms with van der Waals surface area (Å²) in [5.74, 6) is 0.325. The molecule has 1 amide bonds. The molecular formula is C19H32N4O3. The maximum absolute atomic E-state index is 12.6. The lowest BCUT2D eigenvalue weighted by molar-refractivity contribution is -0.125. The number of hydrogen-bond acceptors (Lipinski definition) is 5. The number of rotatable bonds is 8. The number of nitrogens with zero attached hydrogens (tertiary/aromatic N) is 1. The van der Waals surface area contributed by atoms with Gasteiger partial charge in [0.1, 0.15) is 6.10 Å². The number of carbonyl (C=O) groups is 1. The molecule has 0 aromatic carbocycles. The van der Waals surface area contributed by atoms with Gasteiger partial charge in [0.2, 0.25) is 5.91 Å². The van der Waals surface area contributed by atoms with Gasteiger partial charge in [-0.2, -0.15) is 0 Å². The Bertz CT molecular complexity index is 539. The molecule has 0 spiro atoms. The fraction of sp³-hybridized carbons (Fsp3) is 0.789. The van der Waals surface area contributed by atoms with Crippen molar-refractivity contribution in [2.75, 3.05) is 6.61 Å². The summed E-state index contributed by atoms with van der Waals surface area (Å²) in [6.07, 6.45) is 11.5. The van der Waals surface area contributed by atoms with Crippen LogP contribution in [0.4, 0.5) is 0 Å². The highest BCUT2D eigenvalue weighted by Gasteiger charge is 2.34. The van der Waals surface area contributed by atoms with E-state index < -0.39 is 12.1 Å². The average Bonchev–Trinajstić information content (AvgIpc) is 3.35. The Morgan fingerprint density at radius 1 is 1.35 bits per heavy atom. The summed E-state index contributed by atoms with van der Waals surface area (Å²) < 4.78 is 5.67. The Morgan fingerprint density at radius 3 is 2.81 bits per heavy atom. The minimum absolute atomic E-state index is 0.187. The van der Waals surface area contributed by atoms with E-state index in [4.69, 9.17) is 10.5 Å². The maximum atomic E-state index is 12.6. The zero-order valence-corrected chi connectivity index (χ0v) is 15.4. The van der Waals surface area contributed by atoms with Crippen molar-refractivity contribution < 1.29 is 14.6 Å². The van der Waals surface area contributed by atoms with Crippen molar-refractivity contribution in [1.29, 1.82) is 0 Å². The van der Waals surface area contributed by atoms with Gasteiger partial charge in [-0.05, 0) is 25.2 Å². The van der Waals surface area contributed by atoms with Crippen molar-refractivity contribution in [2.24, 2.45) is 11.7 Å². The number of aromatic amines is 1. The van der Waals surface area contributed by atoms with Crippen LogP contribution in [-0.2, 0) is 16.0 Å². The minimum Gasteiger partial charge on any atom is -0.388 e. The van der Waals surface area contributed by atoms with Crippen LogP contribution in [-0.4, -0.2) is 51.9 Å². The molecule has 1 saturated carbocycles. The SMILES string of the molecule is NC(Cc1cnc[nH]1)C(=O)N[C@@H](CC1CCCCC1)[C@@H](O)[C@@H]1CCCO1. The molecule has 0 radical (unpaired) electrons. The molecule has 0 bridgehead atoms. The highest BCUT2D eigenvalue weighted by Crippen LogP contribution is 2.29. The Balaban J connectivity index is 1.60. The van der Waals surface area contributed by atoms with Crippen LogP contribution in [0.15, 0.2) is 12.5 Å². The number of aliphatic hydroxyl groups is 1. The average molecular weight is 364 g/mol. The lowest BCUT2D eigenvalue weighted by atomic mass is 9.82. The van der Waals surface area contributed by atoms with E-state index in [-0.39, 0.29) is 18.1 Å². The minimum atomic E-state index is -0.678. The molecular weight excluding hydrogens is 332 g/mol. The molecule has 1 aliphatic carbocycles. The normalized spacial score (nSPS) is 24.9. The third kappa shape index (κ3) is 5.28. The van der Waals surface area contributed by atoms with Crippen molar-refractivity contribution in [3.05, 3.63) is 18.2 Å². The Morgan fingerprint density at radius 2 is 2.15 bits per heavy atom. The van der Waals surface area contributed by atoms with Gasteiger partial charge >= 0.3 is 0 Å². The molecule has 146 valence electrons. The summed E-state index contributed by atoms with van der Waals surface area (Å²) in [6.45, 7) is 0.686. The van der Waals surface area contributed by atoms with Crippen molar-refractivity contribution in [3.63, 3.8) is 0 Å². The van der Waals surface area contributed by atoms with E-state index in [0.29, 0.717) is 18.9 Å². The lowest BCUT2D eigenvalue weighted by Gasteiger charge is -2.33. The monoisotopic (exact) mass is 364 g/mol. The first-order valence-corrected chi connectivity index (χ1v) is 9.96. The number of nitrogens with one attached hydrogen (secondary N) is 2. The second-order valence-electron chi connectivity index (χ2n) is 7.78. The highest BCUT2D eigenvalue weighted by atomic mass is 16.5. The molecule has 2 aliphatic rings. The molecule has 3 rings (SSSR count). The number of aliphatic hydroxyl groups excluding tert-OH is 1. The van der Waals surface area contributed by atoms with Crippen LogP contribution in [0, 0.1) is 5.92 Å². The Kier molecular flexibility index (Phi) is 7.05. The van der Waals surface area contributed by atoms with Crippen LogP contribution in [0.1, 0.15) is 57.1 Å². The Hall–Kier alpha value is -1.44. The molecule has 1 unspecified atom stereocenters. The predicted molar refractivity (Wildman–Crippen MR) is 98.4 cm³/mol. The fourth-order valence-electron chi connectivity index (χ4n) is 4.21. The second kappa shape index (κ2) is 9.48. The standard InChI is InChI=1S/C19H32N4O3/c20-15(10-14-11-21-12-22-14)19(25)23-16(9-13-5-2-1-3-6-13)18(24)17-7-4-8-26-17/h11-13,15-18,24H,1-10,20H2,(H,21,22)(H,23,25)/t15?,16-,17-,18+/m0/s1. The highest BCUT2D eigenvalue weighted by molar-refractivity contribution is 5.82. The first kappa shape index (κ1) is 19.3. The first-order valence-electron chi connectivity index (χ1n) is 9.96. The van der Waals surface area contributed by atoms with Crippen LogP contribution < -0.4 is 11.1 Å². The number of ether oxygens (including phenoxy) is 1. The molecule has 1 saturated heterocycles. The van der Waals surface area contributed by atoms with Crippen molar-refractivity contribution >= 4 is 5.91 Å². The largest absolute Gasteiger partial charge is 0.388 e. The molecule has 7 nitrogen and oxygen atoms in total. The van der Waals surface area contributed by atoms with Gasteiger partial charge in [-0.15, -0.1) is 0 Å². The number of aromatic nitrogens is 2. The number of hydrogen-bond donors (Lipinski definition) is 4. The molecule has 2 heterocycles. The van der Waals surface area contributed by atoms with Crippen LogP contribution in [0.3, 0.4) is 0 Å². The van der Waals surface area contributed by atoms with E-state index in [0.717, 1.165) is 25.0 Å². The van der Waals surface area contributed by atoms with Crippen molar-refractivity contribution in [1.82, 2.24) is 15.3 Å². The molecule has 2 fully saturated rings. The van der Waals surface area contributed by atoms with E-state index in [2.05, 4.69) is 15.3 Å². The molecule has 1 aliphatic heterocycles. The second-order valence-corrected chi connectivity index (χ2v) is 7.78. The third-order valence-corrected chi connectivity index (χ3v) is 5.73. The molecule has 4 atom stereocenters. The fourth-order valence-corrected chi connectivity index (χ4v) is 4.21. The van der Waals surface area contributed by atoms with E-state index >= 15 is 0 Å². The topological polar surface area (TPSA) is 113 Å². The van der Waals surface area contributed by atoms with E-state index in [1.165, 1.54) is 32.1 Å². The van der Waals surface area contributed by atoms with Gasteiger partial charge in [-0.25, -0.2) is 4.98 Å². The smallest absolute Gasteiger partial charge is 0.237 e. The number of imidazole rings is 1. The molecule has 26 heavy (non-hydrogen) atoms. The van der Waals surface area contributed by atoms with Crippen molar-refractivity contribution in [3.8, 4) is 0 Å². The third-order valence-electron chi connectivity index (χ3n) is 5.73. The van der Waals surface area contributed by atoms with Gasteiger partial charge in [0.15, 0.2) is 0 Å². The quantitative estimate of drug-likeness (QED) is 0.555. The predicted octanol–water partition coefficient (Wildman–Crippen LogP) is 1.27. The number of amides is 1. The maximum Gasteiger partial charge on any atom is 0.237 e. The van der Waals surface area contributed by atoms with E-state index in [1.54, 1.807) is 12.5 Å². The van der Waals surface area contributed by atoms with Crippen molar-refractivity contribution in [2.45, 2.75) is 82.1 Å². The first-order chi connectivity index (χ1) is 12.6. The van der Waals surface area contributed by atoms with Gasteiger partial charge in [0, 0.05) is 24.9 Å². The summed E-state index contributed by atoms with van der Waals surface area (Å²) in [5.41, 5.74) is 6.90. The van der Waals surface area contributed by atoms with Gasteiger partial charge in [-0.3, -0.25) is 4.79 Å². The van der Waals surface area contributed by atoms with Crippen LogP contribution in [0.25, 0.3) is 0 Å². The van der Waals surface area contributed by atoms with Crippen LogP contribution >= 0.6 is 0 Å². The number of H-pyrrole nitrogens is 1. The summed E-state index contributed by atoms with van der Waals surface area (Å²) in [6, 6.07) is -0.970. The van der Waals surface area contributed by atoms with Crippen LogP contribution in [0.5, 0.6) is 0 Å². The summed E-state index contributed by atoms with van der Waals surface area (Å²) >= 11 is 0. The molecule has 5 N–H and O–H groups in total. The van der Waals surface area contributed by atoms with E-state index in [9.17, 15) is 9.90 Å². The summed E-state index contributed by atoms with van der Waals surface area (Å²) in [4.78, 5) is 19.5. The van der Waals surface area contributed by atoms with Gasteiger partial charge in [-0.1, -0.05) is 32.1 Å². The number of nitrogens with two attached hydrogens (primary N) is 1. The van der Waals surface area contributed by atoms with E-state index in [1.807, 2.05) is 0 Å². The molecule has 1 aromatic rings. The van der Waals surface area contributed by atoms with Gasteiger partial charge in [0.25, 0.3) is 0 Å². The Labute approximate surface area is 155 Å². The molecule has 7 heteroatoms. The zero-order valence-electron chi connectivity index (χ0n) is 15.4. The van der Waals surface area contributed by atoms with Crippen LogP contribution in [0.2, 0.25) is 0 Å².